The Morgan fingerprint density at radius 1 is 0.923 bits per heavy atom. The number of fused-ring (bicyclic) bond motifs is 1. The van der Waals surface area contributed by atoms with Crippen LogP contribution in [0, 0.1) is 0 Å². The number of aromatic nitrogens is 2. The molecule has 0 saturated carbocycles. The van der Waals surface area contributed by atoms with Crippen molar-refractivity contribution in [1.82, 2.24) is 9.97 Å². The van der Waals surface area contributed by atoms with Gasteiger partial charge in [0.2, 0.25) is 0 Å². The average Bonchev–Trinajstić information content (AvgIpc) is 3.04. The van der Waals surface area contributed by atoms with Gasteiger partial charge in [0.25, 0.3) is 0 Å². The van der Waals surface area contributed by atoms with Crippen LogP contribution in [0.5, 0.6) is 5.75 Å². The van der Waals surface area contributed by atoms with E-state index in [2.05, 4.69) is 40.3 Å². The van der Waals surface area contributed by atoms with Gasteiger partial charge >= 0.3 is 0 Å². The van der Waals surface area contributed by atoms with Crippen molar-refractivity contribution in [2.45, 2.75) is 13.0 Å². The third-order valence-corrected chi connectivity index (χ3v) is 4.30. The topological polar surface area (TPSA) is 37.9 Å². The number of ether oxygens (including phenoxy) is 1. The molecule has 4 aromatic rings. The molecular weight excluding hydrogens is 367 g/mol. The molecule has 132 valence electrons. The first-order valence-corrected chi connectivity index (χ1v) is 8.54. The molecule has 0 fully saturated rings. The van der Waals surface area contributed by atoms with E-state index in [4.69, 9.17) is 16.3 Å². The summed E-state index contributed by atoms with van der Waals surface area (Å²) in [6.07, 6.45) is 0.840. The number of nitrogens with zero attached hydrogens (tertiary/aromatic N) is 1. The monoisotopic (exact) mass is 384 g/mol. The SMILES string of the molecule is Cl.Clc1ccc2nc(COc3ccccc3Cc3ccccc3)[nH]c2c1. The lowest BCUT2D eigenvalue weighted by atomic mass is 10.0. The van der Waals surface area contributed by atoms with Gasteiger partial charge in [-0.05, 0) is 35.4 Å². The Kier molecular flexibility index (Phi) is 5.82. The molecule has 0 bridgehead atoms. The zero-order valence-corrected chi connectivity index (χ0v) is 15.6. The molecule has 0 aliphatic heterocycles. The lowest BCUT2D eigenvalue weighted by Crippen LogP contribution is -2.00. The Morgan fingerprint density at radius 2 is 1.69 bits per heavy atom. The highest BCUT2D eigenvalue weighted by molar-refractivity contribution is 6.31. The van der Waals surface area contributed by atoms with Crippen molar-refractivity contribution in [3.05, 3.63) is 94.8 Å². The number of rotatable bonds is 5. The molecule has 1 aromatic heterocycles. The number of hydrogen-bond acceptors (Lipinski definition) is 2. The van der Waals surface area contributed by atoms with E-state index in [0.717, 1.165) is 34.6 Å². The third kappa shape index (κ3) is 4.18. The summed E-state index contributed by atoms with van der Waals surface area (Å²) in [5.41, 5.74) is 4.23. The highest BCUT2D eigenvalue weighted by Crippen LogP contribution is 2.23. The molecule has 0 spiro atoms. The van der Waals surface area contributed by atoms with Crippen LogP contribution in [0.3, 0.4) is 0 Å². The molecule has 1 N–H and O–H groups in total. The number of halogens is 2. The Balaban J connectivity index is 0.00000196. The Labute approximate surface area is 163 Å². The van der Waals surface area contributed by atoms with Crippen LogP contribution < -0.4 is 4.74 Å². The van der Waals surface area contributed by atoms with Crippen LogP contribution in [0.25, 0.3) is 11.0 Å². The van der Waals surface area contributed by atoms with E-state index >= 15 is 0 Å². The Bertz CT molecular complexity index is 999. The van der Waals surface area contributed by atoms with Gasteiger partial charge in [-0.15, -0.1) is 12.4 Å². The minimum absolute atomic E-state index is 0. The predicted octanol–water partition coefficient (Wildman–Crippen LogP) is 5.81. The van der Waals surface area contributed by atoms with Crippen molar-refractivity contribution in [2.75, 3.05) is 0 Å². The molecule has 1 heterocycles. The fourth-order valence-electron chi connectivity index (χ4n) is 2.86. The number of imidazole rings is 1. The Morgan fingerprint density at radius 3 is 2.54 bits per heavy atom. The molecule has 3 nitrogen and oxygen atoms in total. The van der Waals surface area contributed by atoms with Crippen LogP contribution in [0.4, 0.5) is 0 Å². The molecule has 0 aliphatic rings. The van der Waals surface area contributed by atoms with E-state index in [1.54, 1.807) is 0 Å². The molecule has 0 saturated heterocycles. The third-order valence-electron chi connectivity index (χ3n) is 4.07. The van der Waals surface area contributed by atoms with Crippen LogP contribution in [-0.4, -0.2) is 9.97 Å². The molecule has 3 aromatic carbocycles. The summed E-state index contributed by atoms with van der Waals surface area (Å²) in [5, 5.41) is 0.692. The predicted molar refractivity (Wildman–Crippen MR) is 108 cm³/mol. The van der Waals surface area contributed by atoms with Crippen molar-refractivity contribution in [1.29, 1.82) is 0 Å². The van der Waals surface area contributed by atoms with Gasteiger partial charge in [0.1, 0.15) is 18.2 Å². The van der Waals surface area contributed by atoms with Gasteiger partial charge in [0, 0.05) is 11.4 Å². The van der Waals surface area contributed by atoms with Gasteiger partial charge in [0.05, 0.1) is 11.0 Å². The minimum atomic E-state index is 0. The largest absolute Gasteiger partial charge is 0.485 e. The lowest BCUT2D eigenvalue weighted by Gasteiger charge is -2.10. The minimum Gasteiger partial charge on any atom is -0.485 e. The number of aromatic amines is 1. The fraction of sp³-hybridized carbons (Fsp3) is 0.0952. The van der Waals surface area contributed by atoms with Gasteiger partial charge < -0.3 is 9.72 Å². The maximum Gasteiger partial charge on any atom is 0.146 e. The van der Waals surface area contributed by atoms with Gasteiger partial charge in [-0.25, -0.2) is 4.98 Å². The highest BCUT2D eigenvalue weighted by atomic mass is 35.5. The number of benzene rings is 3. The quantitative estimate of drug-likeness (QED) is 0.471. The summed E-state index contributed by atoms with van der Waals surface area (Å²) < 4.78 is 6.03. The van der Waals surface area contributed by atoms with Crippen molar-refractivity contribution < 1.29 is 4.74 Å². The first kappa shape index (κ1) is 18.3. The number of nitrogens with one attached hydrogen (secondary N) is 1. The zero-order chi connectivity index (χ0) is 17.1. The number of para-hydroxylation sites is 1. The fourth-order valence-corrected chi connectivity index (χ4v) is 3.03. The maximum absolute atomic E-state index is 6.03. The van der Waals surface area contributed by atoms with E-state index < -0.39 is 0 Å². The lowest BCUT2D eigenvalue weighted by molar-refractivity contribution is 0.295. The molecule has 0 aliphatic carbocycles. The first-order chi connectivity index (χ1) is 12.3. The normalized spacial score (nSPS) is 10.5. The van der Waals surface area contributed by atoms with E-state index in [1.165, 1.54) is 5.56 Å². The average molecular weight is 385 g/mol. The van der Waals surface area contributed by atoms with E-state index in [9.17, 15) is 0 Å². The van der Waals surface area contributed by atoms with Crippen LogP contribution in [-0.2, 0) is 13.0 Å². The molecule has 0 amide bonds. The molecule has 0 radical (unpaired) electrons. The van der Waals surface area contributed by atoms with Crippen molar-refractivity contribution in [2.24, 2.45) is 0 Å². The second kappa shape index (κ2) is 8.26. The molecule has 26 heavy (non-hydrogen) atoms. The molecule has 0 unspecified atom stereocenters. The second-order valence-electron chi connectivity index (χ2n) is 5.90. The summed E-state index contributed by atoms with van der Waals surface area (Å²) in [6.45, 7) is 0.387. The smallest absolute Gasteiger partial charge is 0.146 e. The van der Waals surface area contributed by atoms with Gasteiger partial charge in [-0.1, -0.05) is 60.1 Å². The van der Waals surface area contributed by atoms with E-state index in [1.807, 2.05) is 42.5 Å². The maximum atomic E-state index is 6.03. The highest BCUT2D eigenvalue weighted by Gasteiger charge is 2.07. The van der Waals surface area contributed by atoms with Gasteiger partial charge in [-0.2, -0.15) is 0 Å². The van der Waals surface area contributed by atoms with Crippen LogP contribution in [0.2, 0.25) is 5.02 Å². The number of H-pyrrole nitrogens is 1. The molecule has 0 atom stereocenters. The molecule has 4 rings (SSSR count). The zero-order valence-electron chi connectivity index (χ0n) is 14.0. The molecule has 5 heteroatoms. The second-order valence-corrected chi connectivity index (χ2v) is 6.34. The van der Waals surface area contributed by atoms with E-state index in [0.29, 0.717) is 11.6 Å². The van der Waals surface area contributed by atoms with Crippen molar-refractivity contribution >= 4 is 35.0 Å². The number of hydrogen-bond donors (Lipinski definition) is 1. The first-order valence-electron chi connectivity index (χ1n) is 8.17. The van der Waals surface area contributed by atoms with Crippen LogP contribution >= 0.6 is 24.0 Å². The van der Waals surface area contributed by atoms with E-state index in [-0.39, 0.29) is 12.4 Å². The summed E-state index contributed by atoms with van der Waals surface area (Å²) in [6, 6.07) is 24.1. The summed E-state index contributed by atoms with van der Waals surface area (Å²) in [7, 11) is 0. The molecular formula is C21H18Cl2N2O. The van der Waals surface area contributed by atoms with Crippen LogP contribution in [0.15, 0.2) is 72.8 Å². The summed E-state index contributed by atoms with van der Waals surface area (Å²) >= 11 is 6.02. The van der Waals surface area contributed by atoms with Crippen molar-refractivity contribution in [3.63, 3.8) is 0 Å². The van der Waals surface area contributed by atoms with Gasteiger partial charge in [0.15, 0.2) is 0 Å². The Hall–Kier alpha value is -2.49. The standard InChI is InChI=1S/C21H17ClN2O.ClH/c22-17-10-11-18-19(13-17)24-21(23-18)14-25-20-9-5-4-8-16(20)12-15-6-2-1-3-7-15;/h1-11,13H,12,14H2,(H,23,24);1H. The van der Waals surface area contributed by atoms with Crippen LogP contribution in [0.1, 0.15) is 17.0 Å². The van der Waals surface area contributed by atoms with Gasteiger partial charge in [-0.3, -0.25) is 0 Å². The summed E-state index contributed by atoms with van der Waals surface area (Å²) in [4.78, 5) is 7.80. The summed E-state index contributed by atoms with van der Waals surface area (Å²) in [5.74, 6) is 1.66. The van der Waals surface area contributed by atoms with Crippen molar-refractivity contribution in [3.8, 4) is 5.75 Å².